The molecule has 5 heteroatoms. The van der Waals surface area contributed by atoms with Crippen LogP contribution in [-0.4, -0.2) is 5.11 Å². The number of anilines is 1. The van der Waals surface area contributed by atoms with Gasteiger partial charge in [0.05, 0.1) is 5.69 Å². The summed E-state index contributed by atoms with van der Waals surface area (Å²) in [6.07, 6.45) is 0. The Labute approximate surface area is 92.8 Å². The van der Waals surface area contributed by atoms with Crippen molar-refractivity contribution in [3.8, 4) is 0 Å². The molecule has 0 atom stereocenters. The highest BCUT2D eigenvalue weighted by Crippen LogP contribution is 2.25. The van der Waals surface area contributed by atoms with Crippen molar-refractivity contribution in [1.82, 2.24) is 0 Å². The van der Waals surface area contributed by atoms with E-state index in [9.17, 15) is 0 Å². The van der Waals surface area contributed by atoms with Crippen LogP contribution in [0.15, 0.2) is 27.1 Å². The molecule has 0 unspecified atom stereocenters. The van der Waals surface area contributed by atoms with Crippen molar-refractivity contribution in [1.29, 1.82) is 0 Å². The van der Waals surface area contributed by atoms with Gasteiger partial charge in [-0.1, -0.05) is 15.9 Å². The summed E-state index contributed by atoms with van der Waals surface area (Å²) in [6.45, 7) is 0. The SMILES string of the molecule is NC(=S)Nc1ccc(Br)cc1Br. The number of nitrogens with one attached hydrogen (secondary N) is 1. The molecule has 12 heavy (non-hydrogen) atoms. The molecule has 0 spiro atoms. The van der Waals surface area contributed by atoms with Gasteiger partial charge in [-0.15, -0.1) is 0 Å². The highest BCUT2D eigenvalue weighted by molar-refractivity contribution is 9.11. The summed E-state index contributed by atoms with van der Waals surface area (Å²) in [5.74, 6) is 0. The first kappa shape index (κ1) is 9.95. The van der Waals surface area contributed by atoms with Crippen LogP contribution >= 0.6 is 44.1 Å². The normalized spacial score (nSPS) is 9.50. The molecule has 0 saturated carbocycles. The van der Waals surface area contributed by atoms with Crippen LogP contribution < -0.4 is 11.1 Å². The second-order valence-corrected chi connectivity index (χ2v) is 4.32. The van der Waals surface area contributed by atoms with Crippen LogP contribution in [0.4, 0.5) is 5.69 Å². The molecule has 0 amide bonds. The highest BCUT2D eigenvalue weighted by atomic mass is 79.9. The highest BCUT2D eigenvalue weighted by Gasteiger charge is 1.99. The Morgan fingerprint density at radius 3 is 2.58 bits per heavy atom. The maximum atomic E-state index is 5.32. The molecule has 3 N–H and O–H groups in total. The Kier molecular flexibility index (Phi) is 3.49. The van der Waals surface area contributed by atoms with E-state index in [0.29, 0.717) is 0 Å². The van der Waals surface area contributed by atoms with Crippen molar-refractivity contribution in [3.63, 3.8) is 0 Å². The molecule has 0 heterocycles. The van der Waals surface area contributed by atoms with Crippen molar-refractivity contribution in [2.24, 2.45) is 5.73 Å². The Balaban J connectivity index is 2.93. The smallest absolute Gasteiger partial charge is 0.168 e. The number of hydrogen-bond acceptors (Lipinski definition) is 1. The van der Waals surface area contributed by atoms with Crippen molar-refractivity contribution in [2.75, 3.05) is 5.32 Å². The maximum Gasteiger partial charge on any atom is 0.168 e. The van der Waals surface area contributed by atoms with E-state index in [1.54, 1.807) is 0 Å². The molecule has 0 aliphatic rings. The van der Waals surface area contributed by atoms with Crippen LogP contribution in [0.25, 0.3) is 0 Å². The molecule has 0 bridgehead atoms. The number of rotatable bonds is 1. The summed E-state index contributed by atoms with van der Waals surface area (Å²) in [5, 5.41) is 3.10. The summed E-state index contributed by atoms with van der Waals surface area (Å²) < 4.78 is 1.92. The molecule has 0 saturated heterocycles. The van der Waals surface area contributed by atoms with E-state index >= 15 is 0 Å². The predicted molar refractivity (Wildman–Crippen MR) is 62.3 cm³/mol. The zero-order chi connectivity index (χ0) is 9.14. The lowest BCUT2D eigenvalue weighted by atomic mass is 10.3. The van der Waals surface area contributed by atoms with Gasteiger partial charge in [0.25, 0.3) is 0 Å². The van der Waals surface area contributed by atoms with Crippen LogP contribution in [0.2, 0.25) is 0 Å². The Hall–Kier alpha value is -0.130. The zero-order valence-electron chi connectivity index (χ0n) is 5.97. The Morgan fingerprint density at radius 1 is 1.42 bits per heavy atom. The molecular weight excluding hydrogens is 304 g/mol. The molecule has 1 rings (SSSR count). The number of halogens is 2. The third-order valence-electron chi connectivity index (χ3n) is 1.19. The van der Waals surface area contributed by atoms with Gasteiger partial charge in [0, 0.05) is 8.95 Å². The van der Waals surface area contributed by atoms with Gasteiger partial charge in [0.2, 0.25) is 0 Å². The minimum atomic E-state index is 0.262. The molecule has 0 aromatic heterocycles. The van der Waals surface area contributed by atoms with Crippen LogP contribution in [0.3, 0.4) is 0 Å². The first-order valence-corrected chi connectivity index (χ1v) is 5.10. The molecule has 0 radical (unpaired) electrons. The third-order valence-corrected chi connectivity index (χ3v) is 2.44. The quantitative estimate of drug-likeness (QED) is 0.783. The number of benzene rings is 1. The van der Waals surface area contributed by atoms with Gasteiger partial charge >= 0.3 is 0 Å². The molecular formula is C7H6Br2N2S. The summed E-state index contributed by atoms with van der Waals surface area (Å²) >= 11 is 11.4. The molecule has 0 fully saturated rings. The lowest BCUT2D eigenvalue weighted by molar-refractivity contribution is 1.55. The molecule has 64 valence electrons. The van der Waals surface area contributed by atoms with E-state index in [0.717, 1.165) is 14.6 Å². The second kappa shape index (κ2) is 4.20. The van der Waals surface area contributed by atoms with Gasteiger partial charge < -0.3 is 11.1 Å². The van der Waals surface area contributed by atoms with Gasteiger partial charge in [-0.25, -0.2) is 0 Å². The van der Waals surface area contributed by atoms with Crippen molar-refractivity contribution in [3.05, 3.63) is 27.1 Å². The lowest BCUT2D eigenvalue weighted by Gasteiger charge is -2.05. The van der Waals surface area contributed by atoms with Gasteiger partial charge in [-0.2, -0.15) is 0 Å². The van der Waals surface area contributed by atoms with Crippen LogP contribution in [0.1, 0.15) is 0 Å². The standard InChI is InChI=1S/C7H6Br2N2S/c8-4-1-2-6(5(9)3-4)11-7(10)12/h1-3H,(H3,10,11,12). The van der Waals surface area contributed by atoms with Gasteiger partial charge in [0.1, 0.15) is 0 Å². The fourth-order valence-electron chi connectivity index (χ4n) is 0.724. The number of hydrogen-bond donors (Lipinski definition) is 2. The first-order chi connectivity index (χ1) is 5.59. The zero-order valence-corrected chi connectivity index (χ0v) is 9.96. The molecule has 0 aliphatic carbocycles. The van der Waals surface area contributed by atoms with Crippen LogP contribution in [0.5, 0.6) is 0 Å². The van der Waals surface area contributed by atoms with E-state index in [4.69, 9.17) is 18.0 Å². The topological polar surface area (TPSA) is 38.0 Å². The second-order valence-electron chi connectivity index (χ2n) is 2.11. The third kappa shape index (κ3) is 2.73. The summed E-state index contributed by atoms with van der Waals surface area (Å²) in [4.78, 5) is 0. The van der Waals surface area contributed by atoms with Gasteiger partial charge in [-0.3, -0.25) is 0 Å². The minimum absolute atomic E-state index is 0.262. The van der Waals surface area contributed by atoms with Crippen LogP contribution in [-0.2, 0) is 0 Å². The average molecular weight is 310 g/mol. The van der Waals surface area contributed by atoms with E-state index in [1.807, 2.05) is 18.2 Å². The Bertz CT molecular complexity index is 314. The molecule has 1 aromatic rings. The van der Waals surface area contributed by atoms with E-state index < -0.39 is 0 Å². The number of nitrogens with two attached hydrogens (primary N) is 1. The average Bonchev–Trinajstić information content (AvgIpc) is 1.94. The number of thiocarbonyl (C=S) groups is 1. The van der Waals surface area contributed by atoms with Crippen LogP contribution in [0, 0.1) is 0 Å². The van der Waals surface area contributed by atoms with Crippen molar-refractivity contribution in [2.45, 2.75) is 0 Å². The summed E-state index contributed by atoms with van der Waals surface area (Å²) in [6, 6.07) is 5.71. The fraction of sp³-hybridized carbons (Fsp3) is 0. The monoisotopic (exact) mass is 308 g/mol. The molecule has 2 nitrogen and oxygen atoms in total. The van der Waals surface area contributed by atoms with E-state index in [2.05, 4.69) is 37.2 Å². The van der Waals surface area contributed by atoms with Crippen molar-refractivity contribution >= 4 is 54.9 Å². The van der Waals surface area contributed by atoms with Gasteiger partial charge in [0.15, 0.2) is 5.11 Å². The summed E-state index contributed by atoms with van der Waals surface area (Å²) in [5.41, 5.74) is 6.19. The van der Waals surface area contributed by atoms with E-state index in [1.165, 1.54) is 0 Å². The Morgan fingerprint density at radius 2 is 2.08 bits per heavy atom. The van der Waals surface area contributed by atoms with Gasteiger partial charge in [-0.05, 0) is 46.3 Å². The molecule has 0 aliphatic heterocycles. The first-order valence-electron chi connectivity index (χ1n) is 3.11. The van der Waals surface area contributed by atoms with Crippen molar-refractivity contribution < 1.29 is 0 Å². The minimum Gasteiger partial charge on any atom is -0.376 e. The molecule has 1 aromatic carbocycles. The lowest BCUT2D eigenvalue weighted by Crippen LogP contribution is -2.19. The maximum absolute atomic E-state index is 5.32. The summed E-state index contributed by atoms with van der Waals surface area (Å²) in [7, 11) is 0. The predicted octanol–water partition coefficient (Wildman–Crippen LogP) is 2.87. The fourth-order valence-corrected chi connectivity index (χ4v) is 1.98. The van der Waals surface area contributed by atoms with E-state index in [-0.39, 0.29) is 5.11 Å². The largest absolute Gasteiger partial charge is 0.376 e.